The van der Waals surface area contributed by atoms with E-state index in [-0.39, 0.29) is 18.5 Å². The minimum atomic E-state index is -0.785. The molecule has 0 aromatic heterocycles. The first-order valence-corrected chi connectivity index (χ1v) is 17.2. The molecule has 0 rings (SSSR count). The van der Waals surface area contributed by atoms with Crippen LogP contribution in [-0.4, -0.2) is 23.1 Å². The van der Waals surface area contributed by atoms with Crippen LogP contribution in [0.25, 0.3) is 0 Å². The van der Waals surface area contributed by atoms with Gasteiger partial charge in [-0.3, -0.25) is 9.59 Å². The number of rotatable bonds is 29. The van der Waals surface area contributed by atoms with E-state index < -0.39 is 5.97 Å². The van der Waals surface area contributed by atoms with Crippen molar-refractivity contribution in [1.82, 2.24) is 0 Å². The first kappa shape index (κ1) is 40.9. The van der Waals surface area contributed by atoms with Crippen molar-refractivity contribution >= 4 is 11.9 Å². The summed E-state index contributed by atoms with van der Waals surface area (Å²) in [5.74, 6) is -0.942. The number of unbranched alkanes of at least 4 members (excludes halogenated alkanes) is 6. The van der Waals surface area contributed by atoms with Crippen molar-refractivity contribution in [3.8, 4) is 0 Å². The van der Waals surface area contributed by atoms with E-state index >= 15 is 0 Å². The zero-order valence-electron chi connectivity index (χ0n) is 27.9. The molecule has 0 aliphatic rings. The zero-order chi connectivity index (χ0) is 32.2. The summed E-state index contributed by atoms with van der Waals surface area (Å²) in [5, 5.41) is 8.91. The fourth-order valence-corrected chi connectivity index (χ4v) is 4.32. The van der Waals surface area contributed by atoms with Gasteiger partial charge in [0.15, 0.2) is 0 Å². The van der Waals surface area contributed by atoms with E-state index in [9.17, 15) is 9.59 Å². The fourth-order valence-electron chi connectivity index (χ4n) is 4.32. The van der Waals surface area contributed by atoms with E-state index in [1.165, 1.54) is 12.8 Å². The summed E-state index contributed by atoms with van der Waals surface area (Å²) in [6, 6.07) is 0. The van der Waals surface area contributed by atoms with Crippen molar-refractivity contribution in [3.05, 3.63) is 97.2 Å². The van der Waals surface area contributed by atoms with Crippen molar-refractivity contribution in [1.29, 1.82) is 0 Å². The smallest absolute Gasteiger partial charge is 0.306 e. The summed E-state index contributed by atoms with van der Waals surface area (Å²) in [6.07, 6.45) is 51.3. The number of carboxylic acids is 1. The summed E-state index contributed by atoms with van der Waals surface area (Å²) in [5.41, 5.74) is 0. The number of carbonyl (C=O) groups is 2. The maximum atomic E-state index is 12.5. The Balaban J connectivity index is 4.20. The lowest BCUT2D eigenvalue weighted by Gasteiger charge is -2.14. The van der Waals surface area contributed by atoms with Gasteiger partial charge < -0.3 is 9.84 Å². The molecule has 4 heteroatoms. The van der Waals surface area contributed by atoms with Crippen LogP contribution in [0.5, 0.6) is 0 Å². The molecule has 0 bridgehead atoms. The summed E-state index contributed by atoms with van der Waals surface area (Å²) < 4.78 is 5.75. The number of aliphatic carboxylic acids is 1. The van der Waals surface area contributed by atoms with Gasteiger partial charge in [-0.15, -0.1) is 0 Å². The van der Waals surface area contributed by atoms with Crippen molar-refractivity contribution in [2.45, 2.75) is 142 Å². The van der Waals surface area contributed by atoms with Crippen molar-refractivity contribution in [2.75, 3.05) is 0 Å². The van der Waals surface area contributed by atoms with Gasteiger partial charge in [-0.1, -0.05) is 124 Å². The predicted octanol–water partition coefficient (Wildman–Crippen LogP) is 11.9. The van der Waals surface area contributed by atoms with Crippen LogP contribution in [-0.2, 0) is 14.3 Å². The van der Waals surface area contributed by atoms with Crippen LogP contribution in [0.2, 0.25) is 0 Å². The highest BCUT2D eigenvalue weighted by Crippen LogP contribution is 2.13. The lowest BCUT2D eigenvalue weighted by molar-refractivity contribution is -0.147. The Kier molecular flexibility index (Phi) is 31.9. The number of ether oxygens (including phenoxy) is 1. The molecular weight excluding hydrogens is 544 g/mol. The Morgan fingerprint density at radius 1 is 0.523 bits per heavy atom. The van der Waals surface area contributed by atoms with E-state index in [1.807, 2.05) is 12.2 Å². The van der Waals surface area contributed by atoms with Gasteiger partial charge >= 0.3 is 11.9 Å². The second-order valence-electron chi connectivity index (χ2n) is 10.9. The molecule has 1 unspecified atom stereocenters. The predicted molar refractivity (Wildman–Crippen MR) is 190 cm³/mol. The summed E-state index contributed by atoms with van der Waals surface area (Å²) in [4.78, 5) is 23.3. The molecule has 0 aliphatic heterocycles. The normalized spacial score (nSPS) is 13.5. The number of carbonyl (C=O) groups excluding carboxylic acids is 1. The fraction of sp³-hybridized carbons (Fsp3) is 0.550. The van der Waals surface area contributed by atoms with Crippen molar-refractivity contribution in [3.63, 3.8) is 0 Å². The Labute approximate surface area is 270 Å². The molecule has 0 aromatic carbocycles. The Bertz CT molecular complexity index is 914. The highest BCUT2D eigenvalue weighted by Gasteiger charge is 2.11. The first-order valence-electron chi connectivity index (χ1n) is 17.2. The van der Waals surface area contributed by atoms with Gasteiger partial charge in [-0.25, -0.2) is 0 Å². The third kappa shape index (κ3) is 33.4. The average molecular weight is 607 g/mol. The van der Waals surface area contributed by atoms with Crippen LogP contribution < -0.4 is 0 Å². The largest absolute Gasteiger partial charge is 0.481 e. The summed E-state index contributed by atoms with van der Waals surface area (Å²) >= 11 is 0. The zero-order valence-corrected chi connectivity index (χ0v) is 27.9. The molecule has 0 aliphatic carbocycles. The molecule has 0 spiro atoms. The van der Waals surface area contributed by atoms with Gasteiger partial charge in [0.05, 0.1) is 0 Å². The lowest BCUT2D eigenvalue weighted by atomic mass is 10.1. The van der Waals surface area contributed by atoms with Crippen LogP contribution in [0, 0.1) is 0 Å². The standard InChI is InChI=1S/C40H62O4/c1-3-5-7-9-11-13-15-17-19-21-23-25-27-29-31-37-40(43)44-38(35-32-33-36-39(41)42)34-30-28-26-24-22-20-18-16-14-12-10-8-6-4-2/h5-8,11-14,17-20,24,26,30,34,38H,3-4,9-10,15-16,21-23,25,27-29,31-33,35-37H2,1-2H3,(H,41,42)/b7-5-,8-6-,13-11-,14-12-,19-17-,20-18-,26-24-,34-30-. The molecule has 1 atom stereocenters. The highest BCUT2D eigenvalue weighted by atomic mass is 16.5. The van der Waals surface area contributed by atoms with Crippen molar-refractivity contribution < 1.29 is 19.4 Å². The Morgan fingerprint density at radius 3 is 1.48 bits per heavy atom. The summed E-state index contributed by atoms with van der Waals surface area (Å²) in [6.45, 7) is 4.29. The average Bonchev–Trinajstić information content (AvgIpc) is 3.01. The van der Waals surface area contributed by atoms with Gasteiger partial charge in [0, 0.05) is 12.8 Å². The molecule has 0 aromatic rings. The number of allylic oxidation sites excluding steroid dienone is 15. The number of hydrogen-bond acceptors (Lipinski definition) is 3. The van der Waals surface area contributed by atoms with Crippen LogP contribution in [0.3, 0.4) is 0 Å². The molecule has 0 amide bonds. The number of hydrogen-bond donors (Lipinski definition) is 1. The molecule has 4 nitrogen and oxygen atoms in total. The van der Waals surface area contributed by atoms with E-state index in [2.05, 4.69) is 98.9 Å². The van der Waals surface area contributed by atoms with Crippen LogP contribution in [0.15, 0.2) is 97.2 Å². The van der Waals surface area contributed by atoms with E-state index in [0.717, 1.165) is 83.5 Å². The molecule has 0 saturated heterocycles. The van der Waals surface area contributed by atoms with Crippen LogP contribution >= 0.6 is 0 Å². The Morgan fingerprint density at radius 2 is 0.955 bits per heavy atom. The molecule has 44 heavy (non-hydrogen) atoms. The second-order valence-corrected chi connectivity index (χ2v) is 10.9. The molecule has 0 radical (unpaired) electrons. The van der Waals surface area contributed by atoms with Gasteiger partial charge in [-0.2, -0.15) is 0 Å². The van der Waals surface area contributed by atoms with Gasteiger partial charge in [0.1, 0.15) is 6.10 Å². The second kappa shape index (κ2) is 34.4. The molecule has 1 N–H and O–H groups in total. The third-order valence-electron chi connectivity index (χ3n) is 6.79. The molecule has 246 valence electrons. The molecule has 0 fully saturated rings. The lowest BCUT2D eigenvalue weighted by Crippen LogP contribution is -2.16. The van der Waals surface area contributed by atoms with Crippen LogP contribution in [0.1, 0.15) is 136 Å². The van der Waals surface area contributed by atoms with Gasteiger partial charge in [0.2, 0.25) is 0 Å². The first-order chi connectivity index (χ1) is 21.6. The third-order valence-corrected chi connectivity index (χ3v) is 6.79. The number of carboxylic acid groups (broad SMARTS) is 1. The molecular formula is C40H62O4. The topological polar surface area (TPSA) is 63.6 Å². The van der Waals surface area contributed by atoms with E-state index in [0.29, 0.717) is 19.3 Å². The van der Waals surface area contributed by atoms with Crippen molar-refractivity contribution in [2.24, 2.45) is 0 Å². The maximum absolute atomic E-state index is 12.5. The minimum Gasteiger partial charge on any atom is -0.481 e. The SMILES string of the molecule is CC/C=C\C/C=C\C/C=C\C/C=C\C/C=C\C(CCCCC(=O)O)OC(=O)CCCCCCC/C=C\C/C=C\C/C=C\CC. The summed E-state index contributed by atoms with van der Waals surface area (Å²) in [7, 11) is 0. The number of esters is 1. The van der Waals surface area contributed by atoms with Crippen LogP contribution in [0.4, 0.5) is 0 Å². The van der Waals surface area contributed by atoms with E-state index in [4.69, 9.17) is 9.84 Å². The Hall–Kier alpha value is -3.14. The van der Waals surface area contributed by atoms with Gasteiger partial charge in [-0.05, 0) is 96.0 Å². The van der Waals surface area contributed by atoms with Gasteiger partial charge in [0.25, 0.3) is 0 Å². The minimum absolute atomic E-state index is 0.149. The molecule has 0 saturated carbocycles. The maximum Gasteiger partial charge on any atom is 0.306 e. The molecule has 0 heterocycles. The monoisotopic (exact) mass is 606 g/mol. The highest BCUT2D eigenvalue weighted by molar-refractivity contribution is 5.69. The quantitative estimate of drug-likeness (QED) is 0.0522. The van der Waals surface area contributed by atoms with E-state index in [1.54, 1.807) is 0 Å².